The number of aromatic carboxylic acids is 1. The minimum atomic E-state index is -1.10. The number of nitrogens with zero attached hydrogens (tertiary/aromatic N) is 1. The summed E-state index contributed by atoms with van der Waals surface area (Å²) in [5.74, 6) is -1.46. The Bertz CT molecular complexity index is 1390. The predicted octanol–water partition coefficient (Wildman–Crippen LogP) is 6.64. The Morgan fingerprint density at radius 3 is 2.25 bits per heavy atom. The number of benzene rings is 2. The number of alkyl carbamates (subject to hydrolysis) is 1. The van der Waals surface area contributed by atoms with E-state index in [0.29, 0.717) is 28.8 Å². The maximum atomic E-state index is 13.7. The van der Waals surface area contributed by atoms with Gasteiger partial charge in [-0.25, -0.2) is 14.4 Å². The molecule has 3 aromatic rings. The molecular weight excluding hydrogens is 508 g/mol. The van der Waals surface area contributed by atoms with Crippen molar-refractivity contribution in [2.24, 2.45) is 5.92 Å². The molecule has 0 unspecified atom stereocenters. The van der Waals surface area contributed by atoms with Crippen LogP contribution in [0.4, 0.5) is 4.79 Å². The van der Waals surface area contributed by atoms with Crippen molar-refractivity contribution in [3.63, 3.8) is 0 Å². The first-order valence-electron chi connectivity index (χ1n) is 13.3. The highest BCUT2D eigenvalue weighted by Crippen LogP contribution is 2.34. The highest BCUT2D eigenvalue weighted by Gasteiger charge is 2.26. The summed E-state index contributed by atoms with van der Waals surface area (Å²) in [5.41, 5.74) is 4.47. The Hall–Kier alpha value is -4.20. The van der Waals surface area contributed by atoms with Gasteiger partial charge in [-0.3, -0.25) is 4.98 Å². The number of carbonyl (C=O) groups excluding carboxylic acids is 2. The van der Waals surface area contributed by atoms with Crippen molar-refractivity contribution in [1.82, 2.24) is 10.3 Å². The van der Waals surface area contributed by atoms with Gasteiger partial charge in [0.05, 0.1) is 16.8 Å². The summed E-state index contributed by atoms with van der Waals surface area (Å²) in [6.07, 6.45) is 0.0552. The highest BCUT2D eigenvalue weighted by molar-refractivity contribution is 5.99. The minimum Gasteiger partial charge on any atom is -0.478 e. The molecule has 3 rings (SSSR count). The Kier molecular flexibility index (Phi) is 9.69. The third kappa shape index (κ3) is 7.91. The van der Waals surface area contributed by atoms with Crippen LogP contribution in [0, 0.1) is 19.8 Å². The quantitative estimate of drug-likeness (QED) is 0.289. The summed E-state index contributed by atoms with van der Waals surface area (Å²) in [5, 5.41) is 12.4. The van der Waals surface area contributed by atoms with E-state index in [0.717, 1.165) is 16.8 Å². The molecule has 8 heteroatoms. The van der Waals surface area contributed by atoms with Crippen molar-refractivity contribution in [2.45, 2.75) is 73.6 Å². The van der Waals surface area contributed by atoms with E-state index in [2.05, 4.69) is 19.2 Å². The molecule has 212 valence electrons. The Balaban J connectivity index is 2.12. The van der Waals surface area contributed by atoms with E-state index in [1.165, 1.54) is 6.07 Å². The molecule has 0 fully saturated rings. The first kappa shape index (κ1) is 30.3. The number of amides is 1. The molecule has 2 N–H and O–H groups in total. The van der Waals surface area contributed by atoms with Gasteiger partial charge in [0.15, 0.2) is 0 Å². The van der Waals surface area contributed by atoms with Gasteiger partial charge >= 0.3 is 18.0 Å². The number of pyridine rings is 1. The van der Waals surface area contributed by atoms with Crippen molar-refractivity contribution in [3.8, 4) is 11.1 Å². The molecule has 0 spiro atoms. The molecule has 0 saturated carbocycles. The van der Waals surface area contributed by atoms with Gasteiger partial charge in [-0.15, -0.1) is 0 Å². The number of aromatic nitrogens is 1. The van der Waals surface area contributed by atoms with Crippen molar-refractivity contribution in [3.05, 3.63) is 87.7 Å². The predicted molar refractivity (Wildman–Crippen MR) is 153 cm³/mol. The molecule has 0 aliphatic carbocycles. The zero-order valence-electron chi connectivity index (χ0n) is 24.3. The maximum Gasteiger partial charge on any atom is 0.407 e. The van der Waals surface area contributed by atoms with Gasteiger partial charge in [0.1, 0.15) is 12.2 Å². The van der Waals surface area contributed by atoms with Crippen LogP contribution in [0.5, 0.6) is 0 Å². The summed E-state index contributed by atoms with van der Waals surface area (Å²) >= 11 is 0. The molecule has 8 nitrogen and oxygen atoms in total. The van der Waals surface area contributed by atoms with Crippen LogP contribution in [0.15, 0.2) is 48.5 Å². The van der Waals surface area contributed by atoms with Gasteiger partial charge < -0.3 is 19.9 Å². The van der Waals surface area contributed by atoms with Gasteiger partial charge in [0.2, 0.25) is 0 Å². The molecule has 0 aliphatic heterocycles. The van der Waals surface area contributed by atoms with Crippen molar-refractivity contribution in [1.29, 1.82) is 0 Å². The molecule has 0 saturated heterocycles. The van der Waals surface area contributed by atoms with Crippen LogP contribution in [0.2, 0.25) is 0 Å². The molecule has 2 aromatic carbocycles. The molecule has 0 bridgehead atoms. The second-order valence-corrected chi connectivity index (χ2v) is 11.2. The fourth-order valence-electron chi connectivity index (χ4n) is 4.38. The van der Waals surface area contributed by atoms with Crippen molar-refractivity contribution >= 4 is 18.0 Å². The van der Waals surface area contributed by atoms with E-state index in [1.54, 1.807) is 45.9 Å². The standard InChI is InChI=1S/C32H38N2O6/c1-19(2)16-26-25(17-33-31(38)40-32(5,6)7)28(22-14-12-20(3)13-15-22)27(21(4)34-26)30(37)39-18-23-10-8-9-11-24(23)29(35)36/h8-15,19H,16-18H2,1-7H3,(H,33,38)(H,35,36). The monoisotopic (exact) mass is 546 g/mol. The molecule has 1 aromatic heterocycles. The number of hydrogen-bond donors (Lipinski definition) is 2. The number of carbonyl (C=O) groups is 3. The zero-order chi connectivity index (χ0) is 29.6. The van der Waals surface area contributed by atoms with Gasteiger partial charge in [0.25, 0.3) is 0 Å². The molecule has 1 amide bonds. The largest absolute Gasteiger partial charge is 0.478 e. The van der Waals surface area contributed by atoms with E-state index in [-0.39, 0.29) is 30.2 Å². The average Bonchev–Trinajstić information content (AvgIpc) is 2.85. The Morgan fingerprint density at radius 2 is 1.65 bits per heavy atom. The van der Waals surface area contributed by atoms with E-state index in [1.807, 2.05) is 31.2 Å². The highest BCUT2D eigenvalue weighted by atomic mass is 16.6. The van der Waals surface area contributed by atoms with Crippen LogP contribution in [-0.4, -0.2) is 33.7 Å². The summed E-state index contributed by atoms with van der Waals surface area (Å²) in [7, 11) is 0. The second kappa shape index (κ2) is 12.8. The van der Waals surface area contributed by atoms with Gasteiger partial charge in [0, 0.05) is 28.9 Å². The fourth-order valence-corrected chi connectivity index (χ4v) is 4.38. The lowest BCUT2D eigenvalue weighted by atomic mass is 9.89. The first-order chi connectivity index (χ1) is 18.8. The van der Waals surface area contributed by atoms with Crippen LogP contribution >= 0.6 is 0 Å². The lowest BCUT2D eigenvalue weighted by molar-refractivity contribution is 0.0464. The minimum absolute atomic E-state index is 0.0680. The fraction of sp³-hybridized carbons (Fsp3) is 0.375. The summed E-state index contributed by atoms with van der Waals surface area (Å²) in [6, 6.07) is 14.2. The van der Waals surface area contributed by atoms with Crippen LogP contribution in [0.25, 0.3) is 11.1 Å². The average molecular weight is 547 g/mol. The third-order valence-corrected chi connectivity index (χ3v) is 6.13. The van der Waals surface area contributed by atoms with E-state index in [4.69, 9.17) is 14.5 Å². The number of nitrogens with one attached hydrogen (secondary N) is 1. The lowest BCUT2D eigenvalue weighted by Crippen LogP contribution is -2.33. The first-order valence-corrected chi connectivity index (χ1v) is 13.3. The van der Waals surface area contributed by atoms with Gasteiger partial charge in [-0.2, -0.15) is 0 Å². The normalized spacial score (nSPS) is 11.3. The maximum absolute atomic E-state index is 13.7. The number of rotatable bonds is 9. The summed E-state index contributed by atoms with van der Waals surface area (Å²) in [4.78, 5) is 42.7. The summed E-state index contributed by atoms with van der Waals surface area (Å²) < 4.78 is 11.1. The number of esters is 1. The molecule has 0 radical (unpaired) electrons. The van der Waals surface area contributed by atoms with Crippen LogP contribution in [0.3, 0.4) is 0 Å². The van der Waals surface area contributed by atoms with Crippen LogP contribution in [0.1, 0.15) is 83.4 Å². The number of hydrogen-bond acceptors (Lipinski definition) is 6. The SMILES string of the molecule is Cc1ccc(-c2c(CNC(=O)OC(C)(C)C)c(CC(C)C)nc(C)c2C(=O)OCc2ccccc2C(=O)O)cc1. The number of carboxylic acid groups (broad SMARTS) is 1. The molecular formula is C32H38N2O6. The Morgan fingerprint density at radius 1 is 1.00 bits per heavy atom. The van der Waals surface area contributed by atoms with Crippen molar-refractivity contribution < 1.29 is 29.0 Å². The topological polar surface area (TPSA) is 115 Å². The third-order valence-electron chi connectivity index (χ3n) is 6.13. The Labute approximate surface area is 235 Å². The molecule has 0 aliphatic rings. The van der Waals surface area contributed by atoms with Crippen LogP contribution in [-0.2, 0) is 29.0 Å². The van der Waals surface area contributed by atoms with E-state index < -0.39 is 23.6 Å². The second-order valence-electron chi connectivity index (χ2n) is 11.2. The molecule has 40 heavy (non-hydrogen) atoms. The van der Waals surface area contributed by atoms with Gasteiger partial charge in [-0.05, 0) is 58.6 Å². The van der Waals surface area contributed by atoms with E-state index >= 15 is 0 Å². The van der Waals surface area contributed by atoms with E-state index in [9.17, 15) is 19.5 Å². The van der Waals surface area contributed by atoms with Crippen LogP contribution < -0.4 is 5.32 Å². The molecule has 0 atom stereocenters. The number of aryl methyl sites for hydroxylation is 2. The molecule has 1 heterocycles. The van der Waals surface area contributed by atoms with Crippen molar-refractivity contribution in [2.75, 3.05) is 0 Å². The number of ether oxygens (including phenoxy) is 2. The zero-order valence-corrected chi connectivity index (χ0v) is 24.3. The number of carboxylic acids is 1. The summed E-state index contributed by atoms with van der Waals surface area (Å²) in [6.45, 7) is 13.1. The smallest absolute Gasteiger partial charge is 0.407 e. The van der Waals surface area contributed by atoms with Gasteiger partial charge in [-0.1, -0.05) is 61.9 Å². The lowest BCUT2D eigenvalue weighted by Gasteiger charge is -2.23.